The Balaban J connectivity index is 1.54. The normalized spacial score (nSPS) is 18.5. The van der Waals surface area contributed by atoms with Gasteiger partial charge in [-0.3, -0.25) is 9.69 Å². The van der Waals surface area contributed by atoms with Crippen molar-refractivity contribution in [2.45, 2.75) is 31.8 Å². The van der Waals surface area contributed by atoms with E-state index in [1.807, 2.05) is 23.1 Å². The fourth-order valence-corrected chi connectivity index (χ4v) is 3.34. The molecule has 6 heteroatoms. The summed E-state index contributed by atoms with van der Waals surface area (Å²) in [5.41, 5.74) is 1.15. The molecule has 126 valence electrons. The van der Waals surface area contributed by atoms with Crippen LogP contribution in [0.5, 0.6) is 0 Å². The van der Waals surface area contributed by atoms with Crippen LogP contribution in [0, 0.1) is 0 Å². The number of hydrogen-bond acceptors (Lipinski definition) is 3. The molecular weight excluding hydrogens is 333 g/mol. The summed E-state index contributed by atoms with van der Waals surface area (Å²) >= 11 is 12.1. The van der Waals surface area contributed by atoms with Crippen LogP contribution in [-0.2, 0) is 11.3 Å². The smallest absolute Gasteiger partial charge is 0.223 e. The molecule has 2 fully saturated rings. The lowest BCUT2D eigenvalue weighted by atomic mass is 10.2. The second kappa shape index (κ2) is 7.84. The van der Waals surface area contributed by atoms with E-state index in [0.717, 1.165) is 44.8 Å². The molecule has 2 aliphatic rings. The number of piperazine rings is 1. The number of nitrogens with zero attached hydrogens (tertiary/aromatic N) is 2. The van der Waals surface area contributed by atoms with E-state index >= 15 is 0 Å². The maximum Gasteiger partial charge on any atom is 0.223 e. The topological polar surface area (TPSA) is 35.6 Å². The average molecular weight is 356 g/mol. The molecule has 1 aliphatic heterocycles. The van der Waals surface area contributed by atoms with Gasteiger partial charge in [0.25, 0.3) is 0 Å². The van der Waals surface area contributed by atoms with Gasteiger partial charge in [-0.2, -0.15) is 0 Å². The Bertz CT molecular complexity index is 557. The fraction of sp³-hybridized carbons (Fsp3) is 0.588. The van der Waals surface area contributed by atoms with Crippen molar-refractivity contribution in [2.24, 2.45) is 0 Å². The zero-order valence-electron chi connectivity index (χ0n) is 13.2. The van der Waals surface area contributed by atoms with Crippen LogP contribution in [0.2, 0.25) is 10.0 Å². The van der Waals surface area contributed by atoms with Crippen LogP contribution in [-0.4, -0.2) is 54.5 Å². The van der Waals surface area contributed by atoms with E-state index in [9.17, 15) is 4.79 Å². The minimum absolute atomic E-state index is 0.270. The molecule has 0 aromatic heterocycles. The van der Waals surface area contributed by atoms with Gasteiger partial charge in [0.2, 0.25) is 5.91 Å². The first kappa shape index (κ1) is 17.0. The van der Waals surface area contributed by atoms with Crippen molar-refractivity contribution in [3.63, 3.8) is 0 Å². The number of amides is 1. The highest BCUT2D eigenvalue weighted by molar-refractivity contribution is 6.42. The summed E-state index contributed by atoms with van der Waals surface area (Å²) in [6.45, 7) is 5.11. The highest BCUT2D eigenvalue weighted by atomic mass is 35.5. The second-order valence-corrected chi connectivity index (χ2v) is 7.15. The molecule has 4 nitrogen and oxygen atoms in total. The van der Waals surface area contributed by atoms with Crippen molar-refractivity contribution in [1.82, 2.24) is 15.1 Å². The van der Waals surface area contributed by atoms with E-state index in [2.05, 4.69) is 10.2 Å². The van der Waals surface area contributed by atoms with Crippen LogP contribution in [0.15, 0.2) is 18.2 Å². The second-order valence-electron chi connectivity index (χ2n) is 6.33. The Labute approximate surface area is 147 Å². The fourth-order valence-electron chi connectivity index (χ4n) is 3.01. The quantitative estimate of drug-likeness (QED) is 0.852. The first-order valence-corrected chi connectivity index (χ1v) is 9.05. The van der Waals surface area contributed by atoms with E-state index in [1.165, 1.54) is 12.8 Å². The Morgan fingerprint density at radius 2 is 1.96 bits per heavy atom. The van der Waals surface area contributed by atoms with Gasteiger partial charge >= 0.3 is 0 Å². The largest absolute Gasteiger partial charge is 0.340 e. The maximum atomic E-state index is 12.3. The first-order valence-electron chi connectivity index (χ1n) is 8.30. The van der Waals surface area contributed by atoms with Crippen molar-refractivity contribution in [3.05, 3.63) is 33.8 Å². The number of nitrogens with one attached hydrogen (secondary N) is 1. The third-order valence-corrected chi connectivity index (χ3v) is 5.25. The zero-order chi connectivity index (χ0) is 16.2. The molecule has 1 saturated carbocycles. The number of carbonyl (C=O) groups is 1. The molecule has 1 N–H and O–H groups in total. The zero-order valence-corrected chi connectivity index (χ0v) is 14.7. The summed E-state index contributed by atoms with van der Waals surface area (Å²) in [6, 6.07) is 6.40. The summed E-state index contributed by atoms with van der Waals surface area (Å²) in [5.74, 6) is 0.270. The minimum Gasteiger partial charge on any atom is -0.340 e. The molecule has 1 amide bonds. The maximum absolute atomic E-state index is 12.3. The Morgan fingerprint density at radius 1 is 1.22 bits per heavy atom. The van der Waals surface area contributed by atoms with Gasteiger partial charge in [0.1, 0.15) is 0 Å². The predicted octanol–water partition coefficient (Wildman–Crippen LogP) is 2.78. The predicted molar refractivity (Wildman–Crippen MR) is 94.0 cm³/mol. The van der Waals surface area contributed by atoms with E-state index in [1.54, 1.807) is 0 Å². The number of carbonyl (C=O) groups excluding carboxylic acids is 1. The summed E-state index contributed by atoms with van der Waals surface area (Å²) in [5, 5.41) is 4.46. The average Bonchev–Trinajstić information content (AvgIpc) is 3.40. The number of benzene rings is 1. The number of halogens is 2. The van der Waals surface area contributed by atoms with E-state index in [4.69, 9.17) is 23.2 Å². The van der Waals surface area contributed by atoms with Crippen LogP contribution in [0.1, 0.15) is 24.8 Å². The number of hydrogen-bond donors (Lipinski definition) is 1. The van der Waals surface area contributed by atoms with Crippen molar-refractivity contribution < 1.29 is 4.79 Å². The lowest BCUT2D eigenvalue weighted by molar-refractivity contribution is -0.132. The summed E-state index contributed by atoms with van der Waals surface area (Å²) < 4.78 is 0. The van der Waals surface area contributed by atoms with Crippen LogP contribution in [0.4, 0.5) is 0 Å². The van der Waals surface area contributed by atoms with E-state index in [-0.39, 0.29) is 5.91 Å². The molecule has 1 saturated heterocycles. The molecule has 3 rings (SSSR count). The molecule has 23 heavy (non-hydrogen) atoms. The van der Waals surface area contributed by atoms with Crippen molar-refractivity contribution in [3.8, 4) is 0 Å². The first-order chi connectivity index (χ1) is 11.1. The van der Waals surface area contributed by atoms with Crippen LogP contribution in [0.3, 0.4) is 0 Å². The van der Waals surface area contributed by atoms with Crippen LogP contribution < -0.4 is 5.32 Å². The molecule has 0 bridgehead atoms. The van der Waals surface area contributed by atoms with Gasteiger partial charge in [0, 0.05) is 51.7 Å². The highest BCUT2D eigenvalue weighted by Crippen LogP contribution is 2.30. The number of rotatable bonds is 6. The van der Waals surface area contributed by atoms with Crippen molar-refractivity contribution in [2.75, 3.05) is 32.7 Å². The van der Waals surface area contributed by atoms with Gasteiger partial charge in [0.15, 0.2) is 0 Å². The Morgan fingerprint density at radius 3 is 2.61 bits per heavy atom. The highest BCUT2D eigenvalue weighted by Gasteiger charge is 2.29. The Kier molecular flexibility index (Phi) is 5.81. The summed E-state index contributed by atoms with van der Waals surface area (Å²) in [6.07, 6.45) is 3.05. The van der Waals surface area contributed by atoms with Gasteiger partial charge in [-0.25, -0.2) is 0 Å². The third-order valence-electron chi connectivity index (χ3n) is 4.52. The third kappa shape index (κ3) is 4.83. The van der Waals surface area contributed by atoms with Crippen LogP contribution in [0.25, 0.3) is 0 Å². The molecule has 1 aliphatic carbocycles. The molecule has 1 aromatic rings. The van der Waals surface area contributed by atoms with Gasteiger partial charge in [-0.15, -0.1) is 0 Å². The van der Waals surface area contributed by atoms with Gasteiger partial charge in [0.05, 0.1) is 10.0 Å². The molecule has 1 heterocycles. The molecule has 0 atom stereocenters. The summed E-state index contributed by atoms with van der Waals surface area (Å²) in [4.78, 5) is 16.7. The van der Waals surface area contributed by atoms with Gasteiger partial charge in [-0.1, -0.05) is 29.3 Å². The van der Waals surface area contributed by atoms with Gasteiger partial charge < -0.3 is 10.2 Å². The van der Waals surface area contributed by atoms with Crippen molar-refractivity contribution in [1.29, 1.82) is 0 Å². The van der Waals surface area contributed by atoms with Crippen molar-refractivity contribution >= 4 is 29.1 Å². The molecule has 0 radical (unpaired) electrons. The van der Waals surface area contributed by atoms with Crippen LogP contribution >= 0.6 is 23.2 Å². The molecule has 1 aromatic carbocycles. The lowest BCUT2D eigenvalue weighted by Gasteiger charge is -2.29. The van der Waals surface area contributed by atoms with E-state index < -0.39 is 0 Å². The summed E-state index contributed by atoms with van der Waals surface area (Å²) in [7, 11) is 0. The monoisotopic (exact) mass is 355 g/mol. The molecule has 0 spiro atoms. The lowest BCUT2D eigenvalue weighted by Crippen LogP contribution is -2.47. The van der Waals surface area contributed by atoms with E-state index in [0.29, 0.717) is 22.5 Å². The standard InChI is InChI=1S/C17H23Cl2N3O/c18-15-4-1-13(11-16(15)19)12-22(14-2-3-14)8-5-17(23)21-9-6-20-7-10-21/h1,4,11,14,20H,2-3,5-10,12H2. The Hall–Kier alpha value is -0.810. The SMILES string of the molecule is O=C(CCN(Cc1ccc(Cl)c(Cl)c1)C1CC1)N1CCNCC1. The molecular formula is C17H23Cl2N3O. The minimum atomic E-state index is 0.270. The van der Waals surface area contributed by atoms with Gasteiger partial charge in [-0.05, 0) is 30.5 Å². The molecule has 0 unspecified atom stereocenters.